The summed E-state index contributed by atoms with van der Waals surface area (Å²) in [6, 6.07) is 38.4. The average molecular weight is 436 g/mol. The van der Waals surface area contributed by atoms with Crippen molar-refractivity contribution in [1.82, 2.24) is 5.32 Å². The van der Waals surface area contributed by atoms with E-state index in [1.54, 1.807) is 0 Å². The minimum absolute atomic E-state index is 0.493. The molecule has 1 nitrogen and oxygen atoms in total. The largest absolute Gasteiger partial charge is 0.309 e. The molecule has 0 amide bonds. The predicted molar refractivity (Wildman–Crippen MR) is 142 cm³/mol. The molecule has 0 aliphatic heterocycles. The van der Waals surface area contributed by atoms with Crippen LogP contribution in [0.5, 0.6) is 0 Å². The highest BCUT2D eigenvalue weighted by molar-refractivity contribution is 5.41. The second-order valence-corrected chi connectivity index (χ2v) is 9.01. The molecule has 1 heteroatoms. The van der Waals surface area contributed by atoms with Gasteiger partial charge >= 0.3 is 0 Å². The molecule has 0 atom stereocenters. The van der Waals surface area contributed by atoms with E-state index in [1.165, 1.54) is 33.4 Å². The summed E-state index contributed by atoms with van der Waals surface area (Å²) < 4.78 is 0. The summed E-state index contributed by atoms with van der Waals surface area (Å²) in [5.41, 5.74) is 8.35. The van der Waals surface area contributed by atoms with E-state index < -0.39 is 0 Å². The molecular formula is C32H37N. The molecule has 4 aromatic carbocycles. The molecule has 0 spiro atoms. The van der Waals surface area contributed by atoms with Crippen molar-refractivity contribution < 1.29 is 0 Å². The predicted octanol–water partition coefficient (Wildman–Crippen LogP) is 8.07. The van der Waals surface area contributed by atoms with E-state index in [0.717, 1.165) is 13.1 Å². The van der Waals surface area contributed by atoms with Crippen LogP contribution in [0.15, 0.2) is 109 Å². The van der Waals surface area contributed by atoms with E-state index in [2.05, 4.69) is 130 Å². The van der Waals surface area contributed by atoms with Gasteiger partial charge < -0.3 is 5.32 Å². The Morgan fingerprint density at radius 3 is 1.24 bits per heavy atom. The quantitative estimate of drug-likeness (QED) is 0.309. The molecule has 0 saturated carbocycles. The summed E-state index contributed by atoms with van der Waals surface area (Å²) >= 11 is 0. The van der Waals surface area contributed by atoms with Gasteiger partial charge in [0.1, 0.15) is 0 Å². The third-order valence-electron chi connectivity index (χ3n) is 6.06. The van der Waals surface area contributed by atoms with Crippen LogP contribution in [-0.2, 0) is 13.1 Å². The zero-order valence-electron chi connectivity index (χ0n) is 20.5. The molecule has 4 aromatic rings. The number of rotatable bonds is 7. The van der Waals surface area contributed by atoms with Gasteiger partial charge in [-0.15, -0.1) is 0 Å². The van der Waals surface area contributed by atoms with Crippen LogP contribution in [0.1, 0.15) is 53.1 Å². The molecule has 1 N–H and O–H groups in total. The van der Waals surface area contributed by atoms with Crippen molar-refractivity contribution in [2.75, 3.05) is 0 Å². The molecule has 0 saturated heterocycles. The molecule has 0 bridgehead atoms. The SMILES string of the molecule is Cc1ccccc1C(c1ccccc1C)C(C)C.c1ccc(CNCc2ccccc2)cc1. The Balaban J connectivity index is 0.000000189. The summed E-state index contributed by atoms with van der Waals surface area (Å²) in [5, 5.41) is 3.42. The van der Waals surface area contributed by atoms with Crippen molar-refractivity contribution >= 4 is 0 Å². The second kappa shape index (κ2) is 12.8. The molecule has 0 aromatic heterocycles. The first-order valence-corrected chi connectivity index (χ1v) is 12.0. The molecule has 0 heterocycles. The Morgan fingerprint density at radius 1 is 0.515 bits per heavy atom. The van der Waals surface area contributed by atoms with Crippen LogP contribution in [0.3, 0.4) is 0 Å². The van der Waals surface area contributed by atoms with Crippen LogP contribution in [0.25, 0.3) is 0 Å². The molecule has 170 valence electrons. The van der Waals surface area contributed by atoms with Crippen molar-refractivity contribution in [3.63, 3.8) is 0 Å². The van der Waals surface area contributed by atoms with E-state index in [9.17, 15) is 0 Å². The van der Waals surface area contributed by atoms with Gasteiger partial charge in [-0.05, 0) is 53.1 Å². The van der Waals surface area contributed by atoms with E-state index in [-0.39, 0.29) is 0 Å². The first-order valence-electron chi connectivity index (χ1n) is 12.0. The zero-order valence-corrected chi connectivity index (χ0v) is 20.5. The molecule has 0 fully saturated rings. The van der Waals surface area contributed by atoms with Crippen molar-refractivity contribution in [2.45, 2.75) is 46.7 Å². The Morgan fingerprint density at radius 2 is 0.879 bits per heavy atom. The highest BCUT2D eigenvalue weighted by Gasteiger charge is 2.20. The van der Waals surface area contributed by atoms with Crippen molar-refractivity contribution in [3.05, 3.63) is 143 Å². The second-order valence-electron chi connectivity index (χ2n) is 9.01. The third kappa shape index (κ3) is 7.44. The lowest BCUT2D eigenvalue weighted by Gasteiger charge is -2.25. The monoisotopic (exact) mass is 435 g/mol. The molecule has 33 heavy (non-hydrogen) atoms. The number of aryl methyl sites for hydroxylation is 2. The zero-order chi connectivity index (χ0) is 23.5. The van der Waals surface area contributed by atoms with E-state index >= 15 is 0 Å². The van der Waals surface area contributed by atoms with Gasteiger partial charge in [0.25, 0.3) is 0 Å². The first-order chi connectivity index (χ1) is 16.1. The first kappa shape index (κ1) is 24.5. The van der Waals surface area contributed by atoms with Gasteiger partial charge in [0.05, 0.1) is 0 Å². The molecule has 0 unspecified atom stereocenters. The minimum Gasteiger partial charge on any atom is -0.309 e. The average Bonchev–Trinajstić information content (AvgIpc) is 2.83. The standard InChI is InChI=1S/C18H22.C14H15N/c1-13(2)18(16-11-7-5-9-14(16)3)17-12-8-6-10-15(17)4;1-3-7-13(8-4-1)11-15-12-14-9-5-2-6-10-14/h5-13,18H,1-4H3;1-10,15H,11-12H2. The maximum absolute atomic E-state index is 3.42. The molecule has 4 rings (SSSR count). The Labute approximate surface area is 200 Å². The smallest absolute Gasteiger partial charge is 0.0208 e. The fourth-order valence-electron chi connectivity index (χ4n) is 4.30. The van der Waals surface area contributed by atoms with Crippen LogP contribution in [-0.4, -0.2) is 0 Å². The normalized spacial score (nSPS) is 10.7. The minimum atomic E-state index is 0.493. The fraction of sp³-hybridized carbons (Fsp3) is 0.250. The summed E-state index contributed by atoms with van der Waals surface area (Å²) in [5.74, 6) is 1.10. The molecule has 0 radical (unpaired) electrons. The molecular weight excluding hydrogens is 398 g/mol. The van der Waals surface area contributed by atoms with Crippen LogP contribution >= 0.6 is 0 Å². The summed E-state index contributed by atoms with van der Waals surface area (Å²) in [6.07, 6.45) is 0. The van der Waals surface area contributed by atoms with Crippen LogP contribution in [0.2, 0.25) is 0 Å². The van der Waals surface area contributed by atoms with Gasteiger partial charge in [-0.2, -0.15) is 0 Å². The van der Waals surface area contributed by atoms with Crippen molar-refractivity contribution in [2.24, 2.45) is 5.92 Å². The lowest BCUT2D eigenvalue weighted by molar-refractivity contribution is 0.559. The van der Waals surface area contributed by atoms with Gasteiger partial charge in [0.2, 0.25) is 0 Å². The summed E-state index contributed by atoms with van der Waals surface area (Å²) in [7, 11) is 0. The van der Waals surface area contributed by atoms with Gasteiger partial charge in [-0.25, -0.2) is 0 Å². The van der Waals surface area contributed by atoms with Crippen LogP contribution in [0, 0.1) is 19.8 Å². The maximum atomic E-state index is 3.42. The van der Waals surface area contributed by atoms with Crippen molar-refractivity contribution in [3.8, 4) is 0 Å². The molecule has 0 aliphatic carbocycles. The number of hydrogen-bond donors (Lipinski definition) is 1. The summed E-state index contributed by atoms with van der Waals surface area (Å²) in [4.78, 5) is 0. The topological polar surface area (TPSA) is 12.0 Å². The van der Waals surface area contributed by atoms with E-state index in [0.29, 0.717) is 11.8 Å². The maximum Gasteiger partial charge on any atom is 0.0208 e. The molecule has 0 aliphatic rings. The van der Waals surface area contributed by atoms with Crippen LogP contribution < -0.4 is 5.32 Å². The highest BCUT2D eigenvalue weighted by Crippen LogP contribution is 2.35. The Bertz CT molecular complexity index is 999. The van der Waals surface area contributed by atoms with E-state index in [1.807, 2.05) is 12.1 Å². The lowest BCUT2D eigenvalue weighted by atomic mass is 9.79. The van der Waals surface area contributed by atoms with Gasteiger partial charge in [0, 0.05) is 19.0 Å². The number of hydrogen-bond acceptors (Lipinski definition) is 1. The fourth-order valence-corrected chi connectivity index (χ4v) is 4.30. The van der Waals surface area contributed by atoms with Gasteiger partial charge in [-0.3, -0.25) is 0 Å². The third-order valence-corrected chi connectivity index (χ3v) is 6.06. The van der Waals surface area contributed by atoms with E-state index in [4.69, 9.17) is 0 Å². The van der Waals surface area contributed by atoms with Gasteiger partial charge in [-0.1, -0.05) is 123 Å². The number of nitrogens with one attached hydrogen (secondary N) is 1. The van der Waals surface area contributed by atoms with Gasteiger partial charge in [0.15, 0.2) is 0 Å². The lowest BCUT2D eigenvalue weighted by Crippen LogP contribution is -2.12. The Hall–Kier alpha value is -3.16. The highest BCUT2D eigenvalue weighted by atomic mass is 14.8. The summed E-state index contributed by atoms with van der Waals surface area (Å²) in [6.45, 7) is 10.9. The van der Waals surface area contributed by atoms with Crippen LogP contribution in [0.4, 0.5) is 0 Å². The van der Waals surface area contributed by atoms with Crippen molar-refractivity contribution in [1.29, 1.82) is 0 Å². The number of benzene rings is 4. The Kier molecular flexibility index (Phi) is 9.47.